The molecule has 0 heterocycles. The quantitative estimate of drug-likeness (QED) is 0.339. The maximum Gasteiger partial charge on any atom is 0.460 e. The zero-order chi connectivity index (χ0) is 28.3. The predicted octanol–water partition coefficient (Wildman–Crippen LogP) is 7.07. The lowest BCUT2D eigenvalue weighted by atomic mass is 9.87. The molecule has 0 aliphatic rings. The highest BCUT2D eigenvalue weighted by Crippen LogP contribution is 2.59. The third kappa shape index (κ3) is 4.47. The van der Waals surface area contributed by atoms with E-state index in [-0.39, 0.29) is 6.07 Å². The first kappa shape index (κ1) is 31.0. The predicted molar refractivity (Wildman–Crippen MR) is 76.9 cm³/mol. The molecule has 1 nitrogen and oxygen atoms in total. The van der Waals surface area contributed by atoms with Gasteiger partial charge in [-0.25, -0.2) is 0 Å². The van der Waals surface area contributed by atoms with Crippen molar-refractivity contribution in [3.63, 3.8) is 0 Å². The van der Waals surface area contributed by atoms with Crippen LogP contribution in [-0.2, 0) is 18.3 Å². The molecule has 19 heteroatoms. The van der Waals surface area contributed by atoms with E-state index < -0.39 is 89.7 Å². The average Bonchev–Trinajstić information content (AvgIpc) is 2.65. The Morgan fingerprint density at radius 2 is 0.886 bits per heavy atom. The molecule has 0 aromatic heterocycles. The summed E-state index contributed by atoms with van der Waals surface area (Å²) >= 11 is 0. The minimum atomic E-state index is -7.61. The lowest BCUT2D eigenvalue weighted by molar-refractivity contribution is -0.400. The SMILES string of the molecule is OCCc1ccc(C(F)(F)C(F)(F)C(F)(F)C(F)(F)F)cc1C(F)(F)C(F)(F)C(F)(F)C(F)(F)F. The van der Waals surface area contributed by atoms with Crippen molar-refractivity contribution < 1.29 is 84.1 Å². The fourth-order valence-corrected chi connectivity index (χ4v) is 2.50. The van der Waals surface area contributed by atoms with Gasteiger partial charge in [-0.2, -0.15) is 79.0 Å². The van der Waals surface area contributed by atoms with E-state index in [9.17, 15) is 79.0 Å². The van der Waals surface area contributed by atoms with E-state index in [4.69, 9.17) is 5.11 Å². The molecule has 0 aliphatic heterocycles. The van der Waals surface area contributed by atoms with Crippen LogP contribution in [0.4, 0.5) is 79.0 Å². The molecule has 1 rings (SSSR count). The second-order valence-corrected chi connectivity index (χ2v) is 6.79. The van der Waals surface area contributed by atoms with Crippen LogP contribution in [0.25, 0.3) is 0 Å². The topological polar surface area (TPSA) is 20.2 Å². The molecule has 0 radical (unpaired) electrons. The minimum Gasteiger partial charge on any atom is -0.396 e. The zero-order valence-electron chi connectivity index (χ0n) is 15.9. The number of aliphatic hydroxyl groups is 1. The normalized spacial score (nSPS) is 15.5. The van der Waals surface area contributed by atoms with E-state index in [1.807, 2.05) is 0 Å². The largest absolute Gasteiger partial charge is 0.460 e. The van der Waals surface area contributed by atoms with Gasteiger partial charge in [0.15, 0.2) is 0 Å². The van der Waals surface area contributed by atoms with Crippen molar-refractivity contribution in [2.24, 2.45) is 0 Å². The van der Waals surface area contributed by atoms with Gasteiger partial charge in [-0.1, -0.05) is 12.1 Å². The first-order chi connectivity index (χ1) is 15.2. The van der Waals surface area contributed by atoms with Gasteiger partial charge in [0.25, 0.3) is 0 Å². The van der Waals surface area contributed by atoms with E-state index in [1.54, 1.807) is 0 Å². The highest BCUT2D eigenvalue weighted by molar-refractivity contribution is 5.40. The molecule has 0 amide bonds. The van der Waals surface area contributed by atoms with E-state index in [0.717, 1.165) is 0 Å². The summed E-state index contributed by atoms with van der Waals surface area (Å²) in [7, 11) is 0. The summed E-state index contributed by atoms with van der Waals surface area (Å²) < 4.78 is 237. The molecular formula is C16H8F18O. The Bertz CT molecular complexity index is 910. The number of hydrogen-bond donors (Lipinski definition) is 1. The van der Waals surface area contributed by atoms with Gasteiger partial charge in [-0.05, 0) is 18.1 Å². The van der Waals surface area contributed by atoms with Crippen molar-refractivity contribution in [1.82, 2.24) is 0 Å². The number of halogens is 18. The Morgan fingerprint density at radius 3 is 1.23 bits per heavy atom. The second kappa shape index (κ2) is 8.50. The van der Waals surface area contributed by atoms with E-state index >= 15 is 0 Å². The second-order valence-electron chi connectivity index (χ2n) is 6.79. The van der Waals surface area contributed by atoms with Crippen molar-refractivity contribution in [3.05, 3.63) is 34.9 Å². The van der Waals surface area contributed by atoms with Crippen molar-refractivity contribution >= 4 is 0 Å². The summed E-state index contributed by atoms with van der Waals surface area (Å²) in [6.45, 7) is -1.41. The van der Waals surface area contributed by atoms with Gasteiger partial charge in [0.2, 0.25) is 0 Å². The van der Waals surface area contributed by atoms with E-state index in [1.165, 1.54) is 0 Å². The van der Waals surface area contributed by atoms with Gasteiger partial charge >= 0.3 is 47.9 Å². The number of hydrogen-bond acceptors (Lipinski definition) is 1. The van der Waals surface area contributed by atoms with Crippen LogP contribution >= 0.6 is 0 Å². The molecule has 0 saturated heterocycles. The molecule has 0 fully saturated rings. The molecule has 204 valence electrons. The summed E-state index contributed by atoms with van der Waals surface area (Å²) in [4.78, 5) is 0. The van der Waals surface area contributed by atoms with Crippen LogP contribution < -0.4 is 0 Å². The van der Waals surface area contributed by atoms with Crippen LogP contribution in [0.2, 0.25) is 0 Å². The minimum absolute atomic E-state index is 0.369. The Kier molecular flexibility index (Phi) is 7.52. The van der Waals surface area contributed by atoms with Crippen LogP contribution in [-0.4, -0.2) is 47.8 Å². The Balaban J connectivity index is 3.92. The third-order valence-corrected chi connectivity index (χ3v) is 4.48. The molecule has 0 unspecified atom stereocenters. The van der Waals surface area contributed by atoms with Gasteiger partial charge in [0, 0.05) is 17.7 Å². The Hall–Kier alpha value is -2.08. The number of alkyl halides is 18. The average molecular weight is 558 g/mol. The van der Waals surface area contributed by atoms with Crippen LogP contribution in [0.15, 0.2) is 18.2 Å². The van der Waals surface area contributed by atoms with Gasteiger partial charge < -0.3 is 5.11 Å². The van der Waals surface area contributed by atoms with E-state index in [0.29, 0.717) is 0 Å². The smallest absolute Gasteiger partial charge is 0.396 e. The fraction of sp³-hybridized carbons (Fsp3) is 0.625. The summed E-state index contributed by atoms with van der Waals surface area (Å²) in [6.07, 6.45) is -16.2. The molecule has 0 spiro atoms. The number of rotatable bonds is 8. The molecule has 1 aromatic carbocycles. The van der Waals surface area contributed by atoms with Crippen LogP contribution in [0.3, 0.4) is 0 Å². The molecule has 0 bridgehead atoms. The van der Waals surface area contributed by atoms with Gasteiger partial charge in [-0.3, -0.25) is 0 Å². The van der Waals surface area contributed by atoms with Gasteiger partial charge in [0.05, 0.1) is 0 Å². The van der Waals surface area contributed by atoms with Crippen molar-refractivity contribution in [2.45, 2.75) is 54.3 Å². The number of aliphatic hydroxyl groups excluding tert-OH is 1. The van der Waals surface area contributed by atoms with E-state index in [2.05, 4.69) is 0 Å². The first-order valence-corrected chi connectivity index (χ1v) is 8.31. The highest BCUT2D eigenvalue weighted by Gasteiger charge is 2.83. The molecule has 0 aliphatic carbocycles. The molecule has 1 N–H and O–H groups in total. The van der Waals surface area contributed by atoms with Crippen LogP contribution in [0.1, 0.15) is 16.7 Å². The maximum absolute atomic E-state index is 14.3. The zero-order valence-corrected chi connectivity index (χ0v) is 15.9. The Morgan fingerprint density at radius 1 is 0.514 bits per heavy atom. The summed E-state index contributed by atoms with van der Waals surface area (Å²) in [5.74, 6) is -44.0. The molecular weight excluding hydrogens is 550 g/mol. The molecule has 0 atom stereocenters. The Labute approximate surface area is 181 Å². The fourth-order valence-electron chi connectivity index (χ4n) is 2.50. The summed E-state index contributed by atoms with van der Waals surface area (Å²) in [5.41, 5.74) is -7.65. The standard InChI is InChI=1S/C16H8F18O/c17-9(18,11(21,22)13(25,26)15(29,30)31)7-2-1-6(3-4-35)8(5-7)10(19,20)12(23,24)14(27,28)16(32,33)34/h1-2,5,35H,3-4H2. The lowest BCUT2D eigenvalue weighted by Gasteiger charge is -2.36. The van der Waals surface area contributed by atoms with Crippen molar-refractivity contribution in [3.8, 4) is 0 Å². The van der Waals surface area contributed by atoms with Crippen molar-refractivity contribution in [2.75, 3.05) is 6.61 Å². The number of benzene rings is 1. The van der Waals surface area contributed by atoms with Gasteiger partial charge in [0.1, 0.15) is 0 Å². The highest BCUT2D eigenvalue weighted by atomic mass is 19.4. The maximum atomic E-state index is 14.3. The van der Waals surface area contributed by atoms with Crippen LogP contribution in [0, 0.1) is 0 Å². The monoisotopic (exact) mass is 558 g/mol. The summed E-state index contributed by atoms with van der Waals surface area (Å²) in [5, 5.41) is 8.70. The molecule has 0 saturated carbocycles. The molecule has 35 heavy (non-hydrogen) atoms. The van der Waals surface area contributed by atoms with Crippen LogP contribution in [0.5, 0.6) is 0 Å². The molecule has 1 aromatic rings. The van der Waals surface area contributed by atoms with Crippen molar-refractivity contribution in [1.29, 1.82) is 0 Å². The third-order valence-electron chi connectivity index (χ3n) is 4.48. The first-order valence-electron chi connectivity index (χ1n) is 8.31. The summed E-state index contributed by atoms with van der Waals surface area (Å²) in [6, 6.07) is -2.30. The lowest BCUT2D eigenvalue weighted by Crippen LogP contribution is -2.60. The van der Waals surface area contributed by atoms with Gasteiger partial charge in [-0.15, -0.1) is 0 Å².